The number of nitrogens with one attached hydrogen (secondary N) is 2. The van der Waals surface area contributed by atoms with E-state index in [1.807, 2.05) is 30.3 Å². The maximum absolute atomic E-state index is 13.0. The molecule has 9 heteroatoms. The molecule has 0 saturated carbocycles. The highest BCUT2D eigenvalue weighted by Gasteiger charge is 2.20. The lowest BCUT2D eigenvalue weighted by atomic mass is 10.1. The molecule has 0 aliphatic heterocycles. The summed E-state index contributed by atoms with van der Waals surface area (Å²) in [5.74, 6) is -1.48. The quantitative estimate of drug-likeness (QED) is 0.329. The molecule has 0 bridgehead atoms. The SMILES string of the molecule is CCCCOc1ccc(NC(=O)c2cnc(C(=O)NCC(=O)O)c(N(C)Cc3ccccc3)c2)cc1. The molecule has 3 rings (SSSR count). The van der Waals surface area contributed by atoms with Crippen LogP contribution in [0.1, 0.15) is 46.2 Å². The monoisotopic (exact) mass is 490 g/mol. The van der Waals surface area contributed by atoms with Gasteiger partial charge in [0.05, 0.1) is 17.9 Å². The number of ether oxygens (including phenoxy) is 1. The maximum Gasteiger partial charge on any atom is 0.322 e. The van der Waals surface area contributed by atoms with Crippen molar-refractivity contribution in [1.82, 2.24) is 10.3 Å². The van der Waals surface area contributed by atoms with Crippen molar-refractivity contribution >= 4 is 29.2 Å². The Hall–Kier alpha value is -4.40. The van der Waals surface area contributed by atoms with Gasteiger partial charge >= 0.3 is 5.97 Å². The van der Waals surface area contributed by atoms with E-state index in [2.05, 4.69) is 22.5 Å². The van der Waals surface area contributed by atoms with Gasteiger partial charge in [-0.15, -0.1) is 0 Å². The number of aromatic nitrogens is 1. The molecule has 3 N–H and O–H groups in total. The Balaban J connectivity index is 1.80. The van der Waals surface area contributed by atoms with E-state index >= 15 is 0 Å². The standard InChI is InChI=1S/C27H30N4O5/c1-3-4-14-36-22-12-10-21(11-13-22)30-26(34)20-15-23(31(2)18-19-8-6-5-7-9-19)25(28-16-20)27(35)29-17-24(32)33/h5-13,15-16H,3-4,14,17-18H2,1-2H3,(H,29,35)(H,30,34)(H,32,33). The minimum Gasteiger partial charge on any atom is -0.494 e. The highest BCUT2D eigenvalue weighted by molar-refractivity contribution is 6.06. The van der Waals surface area contributed by atoms with E-state index in [0.717, 1.165) is 24.2 Å². The Kier molecular flexibility index (Phi) is 9.39. The Morgan fingerprint density at radius 2 is 1.75 bits per heavy atom. The van der Waals surface area contributed by atoms with Crippen molar-refractivity contribution in [3.05, 3.63) is 83.7 Å². The van der Waals surface area contributed by atoms with Crippen LogP contribution in [-0.2, 0) is 11.3 Å². The fourth-order valence-electron chi connectivity index (χ4n) is 3.40. The van der Waals surface area contributed by atoms with E-state index < -0.39 is 24.3 Å². The molecule has 36 heavy (non-hydrogen) atoms. The van der Waals surface area contributed by atoms with E-state index in [-0.39, 0.29) is 11.3 Å². The van der Waals surface area contributed by atoms with Gasteiger partial charge in [-0.25, -0.2) is 4.98 Å². The van der Waals surface area contributed by atoms with Gasteiger partial charge in [0.1, 0.15) is 12.3 Å². The van der Waals surface area contributed by atoms with Crippen LogP contribution in [0.3, 0.4) is 0 Å². The zero-order valence-electron chi connectivity index (χ0n) is 20.4. The van der Waals surface area contributed by atoms with Crippen molar-refractivity contribution in [2.24, 2.45) is 0 Å². The van der Waals surface area contributed by atoms with E-state index in [9.17, 15) is 14.4 Å². The smallest absolute Gasteiger partial charge is 0.322 e. The van der Waals surface area contributed by atoms with Crippen molar-refractivity contribution < 1.29 is 24.2 Å². The fourth-order valence-corrected chi connectivity index (χ4v) is 3.40. The number of carbonyl (C=O) groups is 3. The Morgan fingerprint density at radius 1 is 1.03 bits per heavy atom. The number of pyridine rings is 1. The summed E-state index contributed by atoms with van der Waals surface area (Å²) in [4.78, 5) is 42.5. The number of aliphatic carboxylic acids is 1. The fraction of sp³-hybridized carbons (Fsp3) is 0.259. The molecule has 1 heterocycles. The molecule has 2 aromatic carbocycles. The Morgan fingerprint density at radius 3 is 2.42 bits per heavy atom. The summed E-state index contributed by atoms with van der Waals surface area (Å²) in [6, 6.07) is 18.3. The van der Waals surface area contributed by atoms with Crippen LogP contribution in [0, 0.1) is 0 Å². The minimum atomic E-state index is -1.17. The van der Waals surface area contributed by atoms with Crippen molar-refractivity contribution in [1.29, 1.82) is 0 Å². The van der Waals surface area contributed by atoms with Crippen molar-refractivity contribution in [3.63, 3.8) is 0 Å². The predicted octanol–water partition coefficient (Wildman–Crippen LogP) is 3.96. The first kappa shape index (κ1) is 26.2. The summed E-state index contributed by atoms with van der Waals surface area (Å²) < 4.78 is 5.65. The lowest BCUT2D eigenvalue weighted by Gasteiger charge is -2.22. The molecule has 0 aliphatic carbocycles. The van der Waals surface area contributed by atoms with Crippen LogP contribution in [-0.4, -0.2) is 48.1 Å². The summed E-state index contributed by atoms with van der Waals surface area (Å²) in [5, 5.41) is 14.1. The largest absolute Gasteiger partial charge is 0.494 e. The number of carboxylic acid groups (broad SMARTS) is 1. The highest BCUT2D eigenvalue weighted by atomic mass is 16.5. The van der Waals surface area contributed by atoms with Crippen LogP contribution in [0.25, 0.3) is 0 Å². The van der Waals surface area contributed by atoms with E-state index in [0.29, 0.717) is 24.5 Å². The van der Waals surface area contributed by atoms with E-state index in [1.165, 1.54) is 6.20 Å². The van der Waals surface area contributed by atoms with Gasteiger partial charge in [-0.2, -0.15) is 0 Å². The van der Waals surface area contributed by atoms with Gasteiger partial charge in [0, 0.05) is 25.5 Å². The number of rotatable bonds is 12. The van der Waals surface area contributed by atoms with Gasteiger partial charge < -0.3 is 25.4 Å². The topological polar surface area (TPSA) is 121 Å². The van der Waals surface area contributed by atoms with Crippen LogP contribution in [0.2, 0.25) is 0 Å². The molecule has 0 spiro atoms. The third kappa shape index (κ3) is 7.56. The number of carbonyl (C=O) groups excluding carboxylic acids is 2. The third-order valence-electron chi connectivity index (χ3n) is 5.30. The van der Waals surface area contributed by atoms with Crippen LogP contribution in [0.15, 0.2) is 66.9 Å². The average Bonchev–Trinajstić information content (AvgIpc) is 2.88. The number of hydrogen-bond donors (Lipinski definition) is 3. The molecule has 0 radical (unpaired) electrons. The maximum atomic E-state index is 13.0. The Labute approximate surface area is 210 Å². The van der Waals surface area contributed by atoms with Gasteiger partial charge in [-0.1, -0.05) is 43.7 Å². The second-order valence-corrected chi connectivity index (χ2v) is 8.19. The molecule has 0 atom stereocenters. The number of amides is 2. The van der Waals surface area contributed by atoms with Gasteiger partial charge in [0.25, 0.3) is 11.8 Å². The lowest BCUT2D eigenvalue weighted by molar-refractivity contribution is -0.135. The number of anilines is 2. The number of nitrogens with zero attached hydrogens (tertiary/aromatic N) is 2. The molecular weight excluding hydrogens is 460 g/mol. The second kappa shape index (κ2) is 12.9. The molecule has 0 saturated heterocycles. The number of benzene rings is 2. The van der Waals surface area contributed by atoms with Gasteiger partial charge in [-0.05, 0) is 42.3 Å². The first-order valence-corrected chi connectivity index (χ1v) is 11.7. The van der Waals surface area contributed by atoms with Crippen LogP contribution < -0.4 is 20.3 Å². The Bertz CT molecular complexity index is 1180. The normalized spacial score (nSPS) is 10.4. The molecule has 3 aromatic rings. The third-order valence-corrected chi connectivity index (χ3v) is 5.30. The minimum absolute atomic E-state index is 0.0276. The molecule has 2 amide bonds. The molecule has 0 unspecified atom stereocenters. The van der Waals surface area contributed by atoms with Crippen molar-refractivity contribution in [3.8, 4) is 5.75 Å². The van der Waals surface area contributed by atoms with Crippen LogP contribution >= 0.6 is 0 Å². The van der Waals surface area contributed by atoms with Crippen molar-refractivity contribution in [2.45, 2.75) is 26.3 Å². The van der Waals surface area contributed by atoms with Crippen LogP contribution in [0.5, 0.6) is 5.75 Å². The molecule has 1 aromatic heterocycles. The van der Waals surface area contributed by atoms with E-state index in [1.54, 1.807) is 42.3 Å². The zero-order chi connectivity index (χ0) is 25.9. The summed E-state index contributed by atoms with van der Waals surface area (Å²) in [6.07, 6.45) is 3.31. The summed E-state index contributed by atoms with van der Waals surface area (Å²) >= 11 is 0. The average molecular weight is 491 g/mol. The van der Waals surface area contributed by atoms with Crippen LogP contribution in [0.4, 0.5) is 11.4 Å². The zero-order valence-corrected chi connectivity index (χ0v) is 20.4. The highest BCUT2D eigenvalue weighted by Crippen LogP contribution is 2.23. The molecule has 9 nitrogen and oxygen atoms in total. The number of unbranched alkanes of at least 4 members (excludes halogenated alkanes) is 1. The molecular formula is C27H30N4O5. The first-order chi connectivity index (χ1) is 17.4. The molecule has 0 aliphatic rings. The lowest BCUT2D eigenvalue weighted by Crippen LogP contribution is -2.32. The predicted molar refractivity (Wildman–Crippen MR) is 138 cm³/mol. The van der Waals surface area contributed by atoms with Gasteiger partial charge in [0.2, 0.25) is 0 Å². The van der Waals surface area contributed by atoms with Gasteiger partial charge in [-0.3, -0.25) is 14.4 Å². The summed E-state index contributed by atoms with van der Waals surface area (Å²) in [5.41, 5.74) is 2.26. The number of hydrogen-bond acceptors (Lipinski definition) is 6. The summed E-state index contributed by atoms with van der Waals surface area (Å²) in [7, 11) is 1.77. The van der Waals surface area contributed by atoms with E-state index in [4.69, 9.17) is 9.84 Å². The van der Waals surface area contributed by atoms with Gasteiger partial charge in [0.15, 0.2) is 5.69 Å². The second-order valence-electron chi connectivity index (χ2n) is 8.19. The molecule has 188 valence electrons. The van der Waals surface area contributed by atoms with Crippen molar-refractivity contribution in [2.75, 3.05) is 30.4 Å². The molecule has 0 fully saturated rings. The number of carboxylic acids is 1. The summed E-state index contributed by atoms with van der Waals surface area (Å²) in [6.45, 7) is 2.64. The first-order valence-electron chi connectivity index (χ1n) is 11.7.